The van der Waals surface area contributed by atoms with Crippen LogP contribution in [0, 0.1) is 18.8 Å². The SMILES string of the molecule is Cc1occc1C(=O)Nc1cc(Cl)ccc1C(=O)N1C[C@H]2CNC[C@H]2C1. The van der Waals surface area contributed by atoms with Crippen molar-refractivity contribution in [2.45, 2.75) is 6.92 Å². The summed E-state index contributed by atoms with van der Waals surface area (Å²) >= 11 is 6.10. The lowest BCUT2D eigenvalue weighted by molar-refractivity contribution is 0.0782. The maximum atomic E-state index is 13.0. The highest BCUT2D eigenvalue weighted by Gasteiger charge is 2.38. The number of fused-ring (bicyclic) bond motifs is 1. The van der Waals surface area contributed by atoms with Crippen molar-refractivity contribution >= 4 is 29.1 Å². The number of hydrogen-bond acceptors (Lipinski definition) is 4. The Bertz CT molecular complexity index is 851. The summed E-state index contributed by atoms with van der Waals surface area (Å²) in [5.74, 6) is 1.15. The Kier molecular flexibility index (Phi) is 4.46. The molecule has 1 aromatic carbocycles. The molecule has 2 fully saturated rings. The second kappa shape index (κ2) is 6.78. The zero-order valence-electron chi connectivity index (χ0n) is 14.4. The molecule has 2 aliphatic heterocycles. The molecule has 0 aliphatic carbocycles. The largest absolute Gasteiger partial charge is 0.469 e. The van der Waals surface area contributed by atoms with E-state index in [1.54, 1.807) is 31.2 Å². The minimum atomic E-state index is -0.324. The maximum absolute atomic E-state index is 13.0. The van der Waals surface area contributed by atoms with Crippen molar-refractivity contribution in [1.29, 1.82) is 0 Å². The zero-order valence-corrected chi connectivity index (χ0v) is 15.2. The average molecular weight is 374 g/mol. The van der Waals surface area contributed by atoms with Crippen LogP contribution in [-0.2, 0) is 0 Å². The van der Waals surface area contributed by atoms with Gasteiger partial charge in [-0.25, -0.2) is 0 Å². The molecule has 2 atom stereocenters. The molecule has 2 saturated heterocycles. The molecule has 26 heavy (non-hydrogen) atoms. The number of nitrogens with zero attached hydrogens (tertiary/aromatic N) is 1. The molecule has 0 saturated carbocycles. The number of rotatable bonds is 3. The predicted molar refractivity (Wildman–Crippen MR) is 98.6 cm³/mol. The number of furan rings is 1. The molecule has 0 unspecified atom stereocenters. The molecule has 0 radical (unpaired) electrons. The van der Waals surface area contributed by atoms with Crippen molar-refractivity contribution in [3.63, 3.8) is 0 Å². The average Bonchev–Trinajstić information content (AvgIpc) is 3.29. The Morgan fingerprint density at radius 1 is 1.19 bits per heavy atom. The third-order valence-electron chi connectivity index (χ3n) is 5.24. The van der Waals surface area contributed by atoms with Crippen molar-refractivity contribution in [3.05, 3.63) is 52.4 Å². The summed E-state index contributed by atoms with van der Waals surface area (Å²) in [6, 6.07) is 6.56. The van der Waals surface area contributed by atoms with Crippen molar-refractivity contribution in [3.8, 4) is 0 Å². The van der Waals surface area contributed by atoms with Gasteiger partial charge in [-0.15, -0.1) is 0 Å². The molecule has 2 amide bonds. The molecule has 6 nitrogen and oxygen atoms in total. The van der Waals surface area contributed by atoms with E-state index in [0.29, 0.717) is 39.4 Å². The number of likely N-dealkylation sites (tertiary alicyclic amines) is 1. The third-order valence-corrected chi connectivity index (χ3v) is 5.48. The van der Waals surface area contributed by atoms with E-state index in [-0.39, 0.29) is 11.8 Å². The number of nitrogens with one attached hydrogen (secondary N) is 2. The van der Waals surface area contributed by atoms with Gasteiger partial charge in [-0.05, 0) is 43.0 Å². The first-order valence-electron chi connectivity index (χ1n) is 8.68. The standard InChI is InChI=1S/C19H20ClN3O3/c1-11-15(4-5-26-11)18(24)22-17-6-14(20)2-3-16(17)19(25)23-9-12-7-21-8-13(12)10-23/h2-6,12-13,21H,7-10H2,1H3,(H,22,24)/t12-,13+. The van der Waals surface area contributed by atoms with Gasteiger partial charge in [-0.1, -0.05) is 11.6 Å². The van der Waals surface area contributed by atoms with Gasteiger partial charge in [0.05, 0.1) is 23.1 Å². The molecule has 4 rings (SSSR count). The number of aryl methyl sites for hydroxylation is 1. The number of benzene rings is 1. The molecular weight excluding hydrogens is 354 g/mol. The minimum Gasteiger partial charge on any atom is -0.469 e. The van der Waals surface area contributed by atoms with E-state index >= 15 is 0 Å². The quantitative estimate of drug-likeness (QED) is 0.867. The van der Waals surface area contributed by atoms with Gasteiger partial charge in [0, 0.05) is 31.2 Å². The third kappa shape index (κ3) is 3.10. The van der Waals surface area contributed by atoms with E-state index in [4.69, 9.17) is 16.0 Å². The van der Waals surface area contributed by atoms with Gasteiger partial charge in [0.25, 0.3) is 11.8 Å². The maximum Gasteiger partial charge on any atom is 0.259 e. The zero-order chi connectivity index (χ0) is 18.3. The van der Waals surface area contributed by atoms with Gasteiger partial charge in [-0.3, -0.25) is 9.59 Å². The van der Waals surface area contributed by atoms with Crippen molar-refractivity contribution in [2.75, 3.05) is 31.5 Å². The number of amides is 2. The fourth-order valence-electron chi connectivity index (χ4n) is 3.81. The molecule has 0 bridgehead atoms. The van der Waals surface area contributed by atoms with Crippen LogP contribution in [0.1, 0.15) is 26.5 Å². The first kappa shape index (κ1) is 17.1. The lowest BCUT2D eigenvalue weighted by atomic mass is 10.0. The lowest BCUT2D eigenvalue weighted by Crippen LogP contribution is -2.32. The normalized spacial score (nSPS) is 21.7. The molecule has 2 aromatic rings. The van der Waals surface area contributed by atoms with Gasteiger partial charge in [0.1, 0.15) is 5.76 Å². The van der Waals surface area contributed by atoms with E-state index in [0.717, 1.165) is 26.2 Å². The molecule has 136 valence electrons. The van der Waals surface area contributed by atoms with E-state index in [1.807, 2.05) is 4.90 Å². The molecule has 1 aromatic heterocycles. The van der Waals surface area contributed by atoms with E-state index < -0.39 is 0 Å². The Balaban J connectivity index is 1.58. The summed E-state index contributed by atoms with van der Waals surface area (Å²) < 4.78 is 5.18. The Morgan fingerprint density at radius 3 is 2.58 bits per heavy atom. The Labute approximate surface area is 156 Å². The molecule has 3 heterocycles. The Hall–Kier alpha value is -2.31. The summed E-state index contributed by atoms with van der Waals surface area (Å²) in [7, 11) is 0. The predicted octanol–water partition coefficient (Wildman–Crippen LogP) is 2.79. The number of anilines is 1. The fourth-order valence-corrected chi connectivity index (χ4v) is 3.98. The number of halogens is 1. The minimum absolute atomic E-state index is 0.0738. The van der Waals surface area contributed by atoms with Crippen LogP contribution >= 0.6 is 11.6 Å². The number of hydrogen-bond donors (Lipinski definition) is 2. The van der Waals surface area contributed by atoms with Gasteiger partial charge in [0.2, 0.25) is 0 Å². The van der Waals surface area contributed by atoms with Crippen molar-refractivity contribution in [1.82, 2.24) is 10.2 Å². The Morgan fingerprint density at radius 2 is 1.92 bits per heavy atom. The molecule has 0 spiro atoms. The highest BCUT2D eigenvalue weighted by Crippen LogP contribution is 2.30. The van der Waals surface area contributed by atoms with E-state index in [2.05, 4.69) is 10.6 Å². The molecule has 7 heteroatoms. The fraction of sp³-hybridized carbons (Fsp3) is 0.368. The molecule has 2 N–H and O–H groups in total. The summed E-state index contributed by atoms with van der Waals surface area (Å²) in [6.45, 7) is 5.12. The molecular formula is C19H20ClN3O3. The summed E-state index contributed by atoms with van der Waals surface area (Å²) in [5.41, 5.74) is 1.31. The smallest absolute Gasteiger partial charge is 0.259 e. The van der Waals surface area contributed by atoms with Gasteiger partial charge < -0.3 is 20.0 Å². The van der Waals surface area contributed by atoms with Crippen molar-refractivity contribution < 1.29 is 14.0 Å². The summed E-state index contributed by atoms with van der Waals surface area (Å²) in [4.78, 5) is 27.4. The van der Waals surface area contributed by atoms with Crippen LogP contribution in [0.5, 0.6) is 0 Å². The van der Waals surface area contributed by atoms with Gasteiger partial charge in [-0.2, -0.15) is 0 Å². The molecule has 2 aliphatic rings. The second-order valence-electron chi connectivity index (χ2n) is 6.92. The highest BCUT2D eigenvalue weighted by molar-refractivity contribution is 6.31. The van der Waals surface area contributed by atoms with Crippen LogP contribution < -0.4 is 10.6 Å². The van der Waals surface area contributed by atoms with Crippen molar-refractivity contribution in [2.24, 2.45) is 11.8 Å². The monoisotopic (exact) mass is 373 g/mol. The lowest BCUT2D eigenvalue weighted by Gasteiger charge is -2.20. The van der Waals surface area contributed by atoms with Gasteiger partial charge >= 0.3 is 0 Å². The van der Waals surface area contributed by atoms with Gasteiger partial charge in [0.15, 0.2) is 0 Å². The van der Waals surface area contributed by atoms with Crippen LogP contribution in [0.3, 0.4) is 0 Å². The van der Waals surface area contributed by atoms with E-state index in [1.165, 1.54) is 6.26 Å². The summed E-state index contributed by atoms with van der Waals surface area (Å²) in [6.07, 6.45) is 1.46. The number of carbonyl (C=O) groups is 2. The first-order valence-corrected chi connectivity index (χ1v) is 9.05. The van der Waals surface area contributed by atoms with Crippen LogP contribution in [0.2, 0.25) is 5.02 Å². The van der Waals surface area contributed by atoms with E-state index in [9.17, 15) is 9.59 Å². The summed E-state index contributed by atoms with van der Waals surface area (Å²) in [5, 5.41) is 6.64. The first-order chi connectivity index (χ1) is 12.5. The van der Waals surface area contributed by atoms with Crippen LogP contribution in [0.4, 0.5) is 5.69 Å². The number of carbonyl (C=O) groups excluding carboxylic acids is 2. The highest BCUT2D eigenvalue weighted by atomic mass is 35.5. The van der Waals surface area contributed by atoms with Crippen LogP contribution in [0.25, 0.3) is 0 Å². The van der Waals surface area contributed by atoms with Crippen LogP contribution in [0.15, 0.2) is 34.9 Å². The topological polar surface area (TPSA) is 74.6 Å². The second-order valence-corrected chi connectivity index (χ2v) is 7.36. The van der Waals surface area contributed by atoms with Crippen LogP contribution in [-0.4, -0.2) is 42.9 Å².